The molecule has 9 rings (SSSR count). The molecule has 0 unspecified atom stereocenters. The number of aromatic nitrogens is 1. The average Bonchev–Trinajstić information content (AvgIpc) is 3.12. The van der Waals surface area contributed by atoms with Crippen LogP contribution in [-0.2, 0) is 0 Å². The van der Waals surface area contributed by atoms with Crippen molar-refractivity contribution >= 4 is 23.1 Å². The summed E-state index contributed by atoms with van der Waals surface area (Å²) in [5.41, 5.74) is 12.1. The van der Waals surface area contributed by atoms with Crippen LogP contribution in [0.2, 0.25) is 0 Å². The Morgan fingerprint density at radius 2 is 1.00 bits per heavy atom. The molecule has 0 aliphatic carbocycles. The van der Waals surface area contributed by atoms with Crippen molar-refractivity contribution < 1.29 is 9.47 Å². The maximum atomic E-state index is 6.90. The molecule has 3 nitrogen and oxygen atoms in total. The highest BCUT2D eigenvalue weighted by atomic mass is 16.5. The van der Waals surface area contributed by atoms with Crippen molar-refractivity contribution in [2.24, 2.45) is 0 Å². The molecule has 1 aromatic heterocycles. The molecule has 0 fully saturated rings. The summed E-state index contributed by atoms with van der Waals surface area (Å²) in [5, 5.41) is 0. The second-order valence-electron chi connectivity index (χ2n) is 11.5. The summed E-state index contributed by atoms with van der Waals surface area (Å²) < 4.78 is 13.6. The molecular formula is C41H26BNO2. The van der Waals surface area contributed by atoms with Crippen molar-refractivity contribution in [3.63, 3.8) is 0 Å². The second kappa shape index (κ2) is 10.4. The van der Waals surface area contributed by atoms with Crippen molar-refractivity contribution in [1.82, 2.24) is 4.98 Å². The maximum absolute atomic E-state index is 6.90. The van der Waals surface area contributed by atoms with Gasteiger partial charge in [-0.1, -0.05) is 115 Å². The monoisotopic (exact) mass is 575 g/mol. The van der Waals surface area contributed by atoms with Gasteiger partial charge in [-0.25, -0.2) is 0 Å². The van der Waals surface area contributed by atoms with E-state index in [4.69, 9.17) is 9.47 Å². The first-order chi connectivity index (χ1) is 22.3. The van der Waals surface area contributed by atoms with Crippen molar-refractivity contribution in [1.29, 1.82) is 0 Å². The number of benzene rings is 6. The fourth-order valence-electron chi connectivity index (χ4n) is 6.68. The molecule has 2 aliphatic rings. The van der Waals surface area contributed by atoms with Gasteiger partial charge >= 0.3 is 0 Å². The zero-order valence-corrected chi connectivity index (χ0v) is 24.4. The predicted octanol–water partition coefficient (Wildman–Crippen LogP) is 8.48. The van der Waals surface area contributed by atoms with E-state index in [1.807, 2.05) is 36.5 Å². The van der Waals surface area contributed by atoms with E-state index in [1.54, 1.807) is 0 Å². The highest BCUT2D eigenvalue weighted by molar-refractivity contribution is 6.98. The van der Waals surface area contributed by atoms with Crippen LogP contribution in [0, 0.1) is 0 Å². The average molecular weight is 575 g/mol. The summed E-state index contributed by atoms with van der Waals surface area (Å²) >= 11 is 0. The summed E-state index contributed by atoms with van der Waals surface area (Å²) in [6.07, 6.45) is 1.83. The molecule has 0 saturated carbocycles. The number of rotatable bonds is 4. The van der Waals surface area contributed by atoms with Gasteiger partial charge in [-0.2, -0.15) is 0 Å². The molecule has 3 heterocycles. The van der Waals surface area contributed by atoms with Gasteiger partial charge in [-0.05, 0) is 75.1 Å². The summed E-state index contributed by atoms with van der Waals surface area (Å²) in [6, 6.07) is 52.9. The van der Waals surface area contributed by atoms with Gasteiger partial charge in [-0.15, -0.1) is 0 Å². The lowest BCUT2D eigenvalue weighted by Gasteiger charge is -2.34. The van der Waals surface area contributed by atoms with E-state index < -0.39 is 0 Å². The van der Waals surface area contributed by atoms with E-state index in [0.29, 0.717) is 0 Å². The van der Waals surface area contributed by atoms with Crippen molar-refractivity contribution in [2.45, 2.75) is 0 Å². The molecule has 45 heavy (non-hydrogen) atoms. The first-order valence-electron chi connectivity index (χ1n) is 15.2. The Balaban J connectivity index is 1.21. The fraction of sp³-hybridized carbons (Fsp3) is 0. The highest BCUT2D eigenvalue weighted by Gasteiger charge is 2.41. The van der Waals surface area contributed by atoms with E-state index in [-0.39, 0.29) is 6.71 Å². The third kappa shape index (κ3) is 4.34. The molecule has 0 spiro atoms. The molecule has 0 amide bonds. The van der Waals surface area contributed by atoms with E-state index in [0.717, 1.165) is 78.5 Å². The molecule has 0 radical (unpaired) electrons. The van der Waals surface area contributed by atoms with E-state index in [9.17, 15) is 0 Å². The van der Waals surface area contributed by atoms with Gasteiger partial charge in [0.15, 0.2) is 0 Å². The summed E-state index contributed by atoms with van der Waals surface area (Å²) in [4.78, 5) is 4.53. The fourth-order valence-corrected chi connectivity index (χ4v) is 6.68. The molecule has 0 N–H and O–H groups in total. The van der Waals surface area contributed by atoms with Crippen molar-refractivity contribution in [3.05, 3.63) is 158 Å². The quantitative estimate of drug-likeness (QED) is 0.197. The largest absolute Gasteiger partial charge is 0.458 e. The molecular weight excluding hydrogens is 549 g/mol. The van der Waals surface area contributed by atoms with Crippen LogP contribution in [0.1, 0.15) is 0 Å². The number of hydrogen-bond acceptors (Lipinski definition) is 3. The zero-order chi connectivity index (χ0) is 29.7. The highest BCUT2D eigenvalue weighted by Crippen LogP contribution is 2.42. The SMILES string of the molecule is c1ccc(-c2ccc3c(c2)Oc2ccc(-c4ccc(-c5ccccn5)cc4)c4c2B3c2ccc(-c3ccccc3)cc2O4)cc1. The molecule has 0 saturated heterocycles. The Bertz CT molecular complexity index is 2190. The van der Waals surface area contributed by atoms with E-state index in [1.165, 1.54) is 5.56 Å². The Kier molecular flexibility index (Phi) is 5.92. The molecule has 0 atom stereocenters. The van der Waals surface area contributed by atoms with Crippen molar-refractivity contribution in [2.75, 3.05) is 0 Å². The van der Waals surface area contributed by atoms with Gasteiger partial charge in [0.05, 0.1) is 5.69 Å². The minimum absolute atomic E-state index is 0.0233. The van der Waals surface area contributed by atoms with Gasteiger partial charge in [0.1, 0.15) is 23.0 Å². The smallest absolute Gasteiger partial charge is 0.260 e. The van der Waals surface area contributed by atoms with Gasteiger partial charge < -0.3 is 9.47 Å². The summed E-state index contributed by atoms with van der Waals surface area (Å²) in [7, 11) is 0. The Morgan fingerprint density at radius 3 is 1.62 bits per heavy atom. The van der Waals surface area contributed by atoms with E-state index in [2.05, 4.69) is 126 Å². The van der Waals surface area contributed by atoms with Gasteiger partial charge in [0, 0.05) is 22.8 Å². The van der Waals surface area contributed by atoms with E-state index >= 15 is 0 Å². The minimum Gasteiger partial charge on any atom is -0.458 e. The van der Waals surface area contributed by atoms with Gasteiger partial charge in [-0.3, -0.25) is 4.98 Å². The van der Waals surface area contributed by atoms with Crippen molar-refractivity contribution in [3.8, 4) is 67.6 Å². The summed E-state index contributed by atoms with van der Waals surface area (Å²) in [5.74, 6) is 3.43. The van der Waals surface area contributed by atoms with Crippen LogP contribution in [-0.4, -0.2) is 11.7 Å². The third-order valence-electron chi connectivity index (χ3n) is 8.90. The molecule has 2 aliphatic heterocycles. The number of pyridine rings is 1. The van der Waals surface area contributed by atoms with Crippen LogP contribution in [0.5, 0.6) is 23.0 Å². The standard InChI is InChI=1S/C41H26BNO2/c1-3-9-27(10-4-1)31-18-21-34-38(25-31)44-37-23-20-33(29-14-16-30(17-15-29)36-13-7-8-24-43-36)41-40(37)42(34)35-22-19-32(26-39(35)45-41)28-11-5-2-6-12-28/h1-26H. The third-order valence-corrected chi connectivity index (χ3v) is 8.90. The number of nitrogens with zero attached hydrogens (tertiary/aromatic N) is 1. The molecule has 7 aromatic rings. The number of fused-ring (bicyclic) bond motifs is 4. The molecule has 6 aromatic carbocycles. The second-order valence-corrected chi connectivity index (χ2v) is 11.5. The first kappa shape index (κ1) is 25.6. The first-order valence-corrected chi connectivity index (χ1v) is 15.2. The topological polar surface area (TPSA) is 31.4 Å². The van der Waals surface area contributed by atoms with Crippen LogP contribution in [0.4, 0.5) is 0 Å². The number of ether oxygens (including phenoxy) is 2. The Hall–Kier alpha value is -5.87. The molecule has 4 heteroatoms. The van der Waals surface area contributed by atoms with Crippen LogP contribution in [0.15, 0.2) is 158 Å². The van der Waals surface area contributed by atoms with Gasteiger partial charge in [0.25, 0.3) is 6.71 Å². The lowest BCUT2D eigenvalue weighted by atomic mass is 9.34. The molecule has 0 bridgehead atoms. The van der Waals surface area contributed by atoms with Gasteiger partial charge in [0.2, 0.25) is 0 Å². The minimum atomic E-state index is -0.0233. The Labute approximate surface area is 262 Å². The number of hydrogen-bond donors (Lipinski definition) is 0. The predicted molar refractivity (Wildman–Crippen MR) is 184 cm³/mol. The maximum Gasteiger partial charge on any atom is 0.260 e. The van der Waals surface area contributed by atoms with Crippen LogP contribution in [0.3, 0.4) is 0 Å². The van der Waals surface area contributed by atoms with Crippen LogP contribution in [0.25, 0.3) is 44.6 Å². The molecule has 210 valence electrons. The lowest BCUT2D eigenvalue weighted by molar-refractivity contribution is 0.466. The Morgan fingerprint density at radius 1 is 0.422 bits per heavy atom. The lowest BCUT2D eigenvalue weighted by Crippen LogP contribution is -2.57. The van der Waals surface area contributed by atoms with Crippen LogP contribution >= 0.6 is 0 Å². The summed E-state index contributed by atoms with van der Waals surface area (Å²) in [6.45, 7) is -0.0233. The normalized spacial score (nSPS) is 12.3. The zero-order valence-electron chi connectivity index (χ0n) is 24.4. The van der Waals surface area contributed by atoms with Crippen LogP contribution < -0.4 is 25.9 Å².